The van der Waals surface area contributed by atoms with Crippen LogP contribution in [0.4, 0.5) is 0 Å². The van der Waals surface area contributed by atoms with Crippen LogP contribution in [-0.2, 0) is 0 Å². The van der Waals surface area contributed by atoms with Gasteiger partial charge in [-0.15, -0.1) is 11.6 Å². The molecule has 2 aromatic rings. The Morgan fingerprint density at radius 1 is 1.44 bits per heavy atom. The van der Waals surface area contributed by atoms with Crippen LogP contribution < -0.4 is 5.56 Å². The Morgan fingerprint density at radius 3 is 3.12 bits per heavy atom. The first-order valence-electron chi connectivity index (χ1n) is 4.83. The lowest BCUT2D eigenvalue weighted by Gasteiger charge is -1.95. The van der Waals surface area contributed by atoms with Crippen LogP contribution in [0.25, 0.3) is 10.9 Å². The summed E-state index contributed by atoms with van der Waals surface area (Å²) in [6, 6.07) is 5.33. The maximum Gasteiger partial charge on any atom is 0.258 e. The van der Waals surface area contributed by atoms with Crippen molar-refractivity contribution < 1.29 is 0 Å². The van der Waals surface area contributed by atoms with Gasteiger partial charge in [-0.1, -0.05) is 11.8 Å². The Labute approximate surface area is 97.5 Å². The topological polar surface area (TPSA) is 45.8 Å². The molecule has 16 heavy (non-hydrogen) atoms. The second-order valence-electron chi connectivity index (χ2n) is 3.20. The van der Waals surface area contributed by atoms with Gasteiger partial charge in [-0.3, -0.25) is 4.79 Å². The predicted molar refractivity (Wildman–Crippen MR) is 64.6 cm³/mol. The summed E-state index contributed by atoms with van der Waals surface area (Å²) in [4.78, 5) is 18.0. The van der Waals surface area contributed by atoms with Crippen molar-refractivity contribution in [3.05, 3.63) is 40.4 Å². The molecule has 0 fully saturated rings. The highest BCUT2D eigenvalue weighted by molar-refractivity contribution is 6.18. The maximum atomic E-state index is 11.4. The smallest absolute Gasteiger partial charge is 0.258 e. The molecule has 1 heterocycles. The summed E-state index contributed by atoms with van der Waals surface area (Å²) in [6.07, 6.45) is 2.04. The van der Waals surface area contributed by atoms with E-state index in [0.29, 0.717) is 23.2 Å². The van der Waals surface area contributed by atoms with E-state index in [-0.39, 0.29) is 5.56 Å². The number of H-pyrrole nitrogens is 1. The Bertz CT molecular complexity index is 622. The molecule has 1 aromatic carbocycles. The van der Waals surface area contributed by atoms with Crippen molar-refractivity contribution in [2.45, 2.75) is 6.42 Å². The molecule has 80 valence electrons. The minimum atomic E-state index is -0.134. The summed E-state index contributed by atoms with van der Waals surface area (Å²) >= 11 is 5.52. The second kappa shape index (κ2) is 4.82. The maximum absolute atomic E-state index is 11.4. The zero-order chi connectivity index (χ0) is 11.4. The monoisotopic (exact) mass is 232 g/mol. The van der Waals surface area contributed by atoms with Gasteiger partial charge in [0.15, 0.2) is 0 Å². The van der Waals surface area contributed by atoms with Crippen molar-refractivity contribution in [3.8, 4) is 11.8 Å². The number of benzene rings is 1. The number of alkyl halides is 1. The highest BCUT2D eigenvalue weighted by Crippen LogP contribution is 2.08. The number of halogens is 1. The van der Waals surface area contributed by atoms with E-state index in [1.54, 1.807) is 18.2 Å². The summed E-state index contributed by atoms with van der Waals surface area (Å²) in [5.41, 5.74) is 1.36. The van der Waals surface area contributed by atoms with Gasteiger partial charge in [-0.25, -0.2) is 4.98 Å². The summed E-state index contributed by atoms with van der Waals surface area (Å²) in [7, 11) is 0. The number of hydrogen-bond donors (Lipinski definition) is 1. The van der Waals surface area contributed by atoms with Gasteiger partial charge in [0, 0.05) is 17.9 Å². The largest absolute Gasteiger partial charge is 0.313 e. The SMILES string of the molecule is O=c1[nH]cnc2cc(C#CCCCl)ccc12. The molecule has 1 aromatic heterocycles. The standard InChI is InChI=1S/C12H9ClN2O/c13-6-2-1-3-9-4-5-10-11(7-9)14-8-15-12(10)16/h4-5,7-8H,2,6H2,(H,14,15,16). The van der Waals surface area contributed by atoms with E-state index < -0.39 is 0 Å². The van der Waals surface area contributed by atoms with Crippen LogP contribution in [0.3, 0.4) is 0 Å². The predicted octanol–water partition coefficient (Wildman–Crippen LogP) is 1.90. The lowest BCUT2D eigenvalue weighted by Crippen LogP contribution is -2.05. The first-order chi connectivity index (χ1) is 7.81. The van der Waals surface area contributed by atoms with Gasteiger partial charge in [-0.2, -0.15) is 0 Å². The van der Waals surface area contributed by atoms with Gasteiger partial charge in [0.1, 0.15) is 0 Å². The van der Waals surface area contributed by atoms with E-state index in [0.717, 1.165) is 5.56 Å². The van der Waals surface area contributed by atoms with E-state index in [1.807, 2.05) is 0 Å². The van der Waals surface area contributed by atoms with Gasteiger partial charge >= 0.3 is 0 Å². The summed E-state index contributed by atoms with van der Waals surface area (Å²) in [5.74, 6) is 6.43. The molecule has 0 aliphatic heterocycles. The fraction of sp³-hybridized carbons (Fsp3) is 0.167. The number of rotatable bonds is 1. The minimum absolute atomic E-state index is 0.134. The van der Waals surface area contributed by atoms with E-state index in [9.17, 15) is 4.79 Å². The lowest BCUT2D eigenvalue weighted by atomic mass is 10.1. The van der Waals surface area contributed by atoms with Crippen molar-refractivity contribution in [1.29, 1.82) is 0 Å². The number of aromatic amines is 1. The first kappa shape index (κ1) is 10.7. The third-order valence-corrected chi connectivity index (χ3v) is 2.28. The average Bonchev–Trinajstić information content (AvgIpc) is 2.30. The molecule has 2 rings (SSSR count). The normalized spacial score (nSPS) is 9.81. The van der Waals surface area contributed by atoms with Gasteiger partial charge in [0.05, 0.1) is 17.2 Å². The van der Waals surface area contributed by atoms with Crippen molar-refractivity contribution in [1.82, 2.24) is 9.97 Å². The molecule has 1 N–H and O–H groups in total. The van der Waals surface area contributed by atoms with E-state index in [4.69, 9.17) is 11.6 Å². The third kappa shape index (κ3) is 2.23. The number of nitrogens with zero attached hydrogens (tertiary/aromatic N) is 1. The molecule has 0 spiro atoms. The lowest BCUT2D eigenvalue weighted by molar-refractivity contribution is 1.17. The highest BCUT2D eigenvalue weighted by Gasteiger charge is 1.98. The van der Waals surface area contributed by atoms with Crippen molar-refractivity contribution in [2.75, 3.05) is 5.88 Å². The van der Waals surface area contributed by atoms with E-state index >= 15 is 0 Å². The Balaban J connectivity index is 2.46. The molecular weight excluding hydrogens is 224 g/mol. The Kier molecular flexibility index (Phi) is 3.23. The number of fused-ring (bicyclic) bond motifs is 1. The number of nitrogens with one attached hydrogen (secondary N) is 1. The molecule has 0 amide bonds. The Hall–Kier alpha value is -1.79. The molecule has 0 aliphatic rings. The van der Waals surface area contributed by atoms with E-state index in [1.165, 1.54) is 6.33 Å². The minimum Gasteiger partial charge on any atom is -0.313 e. The molecule has 0 saturated heterocycles. The Morgan fingerprint density at radius 2 is 2.31 bits per heavy atom. The molecule has 0 aliphatic carbocycles. The molecule has 0 atom stereocenters. The first-order valence-corrected chi connectivity index (χ1v) is 5.37. The van der Waals surface area contributed by atoms with Crippen molar-refractivity contribution in [3.63, 3.8) is 0 Å². The summed E-state index contributed by atoms with van der Waals surface area (Å²) in [5, 5.41) is 0.574. The molecule has 0 radical (unpaired) electrons. The molecule has 0 bridgehead atoms. The third-order valence-electron chi connectivity index (χ3n) is 2.09. The summed E-state index contributed by atoms with van der Waals surface area (Å²) in [6.45, 7) is 0. The van der Waals surface area contributed by atoms with Gasteiger partial charge in [0.2, 0.25) is 0 Å². The van der Waals surface area contributed by atoms with Crippen LogP contribution in [-0.4, -0.2) is 15.8 Å². The number of hydrogen-bond acceptors (Lipinski definition) is 2. The summed E-state index contributed by atoms with van der Waals surface area (Å²) < 4.78 is 0. The fourth-order valence-corrected chi connectivity index (χ4v) is 1.45. The second-order valence-corrected chi connectivity index (χ2v) is 3.58. The highest BCUT2D eigenvalue weighted by atomic mass is 35.5. The zero-order valence-electron chi connectivity index (χ0n) is 8.46. The van der Waals surface area contributed by atoms with Gasteiger partial charge < -0.3 is 4.98 Å². The van der Waals surface area contributed by atoms with Crippen LogP contribution in [0.15, 0.2) is 29.3 Å². The van der Waals surface area contributed by atoms with E-state index in [2.05, 4.69) is 21.8 Å². The molecule has 0 saturated carbocycles. The quantitative estimate of drug-likeness (QED) is 0.603. The van der Waals surface area contributed by atoms with Crippen LogP contribution in [0.1, 0.15) is 12.0 Å². The molecule has 3 nitrogen and oxygen atoms in total. The van der Waals surface area contributed by atoms with Gasteiger partial charge in [-0.05, 0) is 18.2 Å². The van der Waals surface area contributed by atoms with Crippen molar-refractivity contribution >= 4 is 22.5 Å². The van der Waals surface area contributed by atoms with Crippen LogP contribution in [0.2, 0.25) is 0 Å². The number of aromatic nitrogens is 2. The molecular formula is C12H9ClN2O. The average molecular weight is 233 g/mol. The molecule has 0 unspecified atom stereocenters. The van der Waals surface area contributed by atoms with Gasteiger partial charge in [0.25, 0.3) is 5.56 Å². The molecule has 4 heteroatoms. The van der Waals surface area contributed by atoms with Crippen LogP contribution in [0, 0.1) is 11.8 Å². The fourth-order valence-electron chi connectivity index (χ4n) is 1.36. The zero-order valence-corrected chi connectivity index (χ0v) is 9.21. The van der Waals surface area contributed by atoms with Crippen molar-refractivity contribution in [2.24, 2.45) is 0 Å². The van der Waals surface area contributed by atoms with Crippen LogP contribution >= 0.6 is 11.6 Å². The van der Waals surface area contributed by atoms with Crippen LogP contribution in [0.5, 0.6) is 0 Å².